The van der Waals surface area contributed by atoms with Crippen LogP contribution in [0.4, 0.5) is 8.78 Å². The van der Waals surface area contributed by atoms with Crippen molar-refractivity contribution in [3.05, 3.63) is 0 Å². The van der Waals surface area contributed by atoms with Crippen molar-refractivity contribution in [2.24, 2.45) is 5.41 Å². The van der Waals surface area contributed by atoms with E-state index in [1.807, 2.05) is 6.92 Å². The first-order chi connectivity index (χ1) is 9.42. The van der Waals surface area contributed by atoms with E-state index in [0.29, 0.717) is 0 Å². The maximum Gasteiger partial charge on any atom is 0.315 e. The Bertz CT molecular complexity index is 429. The van der Waals surface area contributed by atoms with E-state index < -0.39 is 12.3 Å². The molecule has 1 amide bonds. The number of Topliss-reactive ketones (excluding diaryl/α,β-unsaturated/α-hetero) is 1. The number of carbonyl (C=O) groups excluding carboxylic acids is 2. The molecule has 3 heterocycles. The largest absolute Gasteiger partial charge is 0.333 e. The van der Waals surface area contributed by atoms with Gasteiger partial charge in [-0.15, -0.1) is 0 Å². The van der Waals surface area contributed by atoms with E-state index in [2.05, 4.69) is 4.90 Å². The van der Waals surface area contributed by atoms with Crippen LogP contribution in [0.3, 0.4) is 0 Å². The summed E-state index contributed by atoms with van der Waals surface area (Å²) >= 11 is 0. The molecule has 20 heavy (non-hydrogen) atoms. The fraction of sp³-hybridized carbons (Fsp3) is 0.857. The Morgan fingerprint density at radius 3 is 2.50 bits per heavy atom. The Morgan fingerprint density at radius 2 is 2.00 bits per heavy atom. The Labute approximate surface area is 117 Å². The lowest BCUT2D eigenvalue weighted by Gasteiger charge is -2.50. The minimum Gasteiger partial charge on any atom is -0.333 e. The molecular formula is C14H20F2N2O2. The van der Waals surface area contributed by atoms with Gasteiger partial charge in [0, 0.05) is 18.0 Å². The molecule has 6 heteroatoms. The van der Waals surface area contributed by atoms with Gasteiger partial charge in [-0.3, -0.25) is 14.5 Å². The van der Waals surface area contributed by atoms with Crippen LogP contribution >= 0.6 is 0 Å². The van der Waals surface area contributed by atoms with E-state index >= 15 is 0 Å². The highest BCUT2D eigenvalue weighted by Crippen LogP contribution is 2.41. The molecule has 4 nitrogen and oxygen atoms in total. The Morgan fingerprint density at radius 1 is 1.40 bits per heavy atom. The van der Waals surface area contributed by atoms with Crippen LogP contribution in [0.1, 0.15) is 32.6 Å². The average molecular weight is 286 g/mol. The van der Waals surface area contributed by atoms with Gasteiger partial charge in [0.05, 0.1) is 6.04 Å². The molecule has 0 aromatic carbocycles. The van der Waals surface area contributed by atoms with Gasteiger partial charge in [0.2, 0.25) is 0 Å². The van der Waals surface area contributed by atoms with E-state index in [9.17, 15) is 18.4 Å². The predicted molar refractivity (Wildman–Crippen MR) is 68.4 cm³/mol. The lowest BCUT2D eigenvalue weighted by Crippen LogP contribution is -2.63. The molecule has 0 radical (unpaired) electrons. The normalized spacial score (nSPS) is 36.5. The van der Waals surface area contributed by atoms with Crippen LogP contribution in [0, 0.1) is 5.41 Å². The molecule has 1 unspecified atom stereocenters. The van der Waals surface area contributed by atoms with Crippen molar-refractivity contribution in [1.29, 1.82) is 0 Å². The summed E-state index contributed by atoms with van der Waals surface area (Å²) in [5, 5.41) is 0. The van der Waals surface area contributed by atoms with E-state index in [-0.39, 0.29) is 29.8 Å². The monoisotopic (exact) mass is 286 g/mol. The maximum atomic E-state index is 12.7. The van der Waals surface area contributed by atoms with Gasteiger partial charge >= 0.3 is 6.43 Å². The second kappa shape index (κ2) is 4.76. The van der Waals surface area contributed by atoms with Crippen molar-refractivity contribution in [1.82, 2.24) is 9.80 Å². The second-order valence-corrected chi connectivity index (χ2v) is 6.50. The zero-order chi connectivity index (χ0) is 14.5. The number of piperidine rings is 3. The molecule has 1 aliphatic carbocycles. The van der Waals surface area contributed by atoms with Crippen LogP contribution in [0.15, 0.2) is 0 Å². The molecular weight excluding hydrogens is 266 g/mol. The first kappa shape index (κ1) is 13.9. The highest BCUT2D eigenvalue weighted by atomic mass is 19.3. The molecule has 0 N–H and O–H groups in total. The number of ketones is 1. The number of hydrogen-bond donors (Lipinski definition) is 0. The zero-order valence-corrected chi connectivity index (χ0v) is 11.6. The minimum atomic E-state index is -2.97. The van der Waals surface area contributed by atoms with Gasteiger partial charge in [-0.25, -0.2) is 0 Å². The molecule has 4 aliphatic rings. The summed E-state index contributed by atoms with van der Waals surface area (Å²) in [4.78, 5) is 27.5. The Balaban J connectivity index is 1.75. The van der Waals surface area contributed by atoms with E-state index in [1.165, 1.54) is 4.90 Å². The third kappa shape index (κ3) is 2.24. The van der Waals surface area contributed by atoms with Gasteiger partial charge in [0.1, 0.15) is 0 Å². The lowest BCUT2D eigenvalue weighted by atomic mass is 9.69. The molecule has 0 aromatic heterocycles. The summed E-state index contributed by atoms with van der Waals surface area (Å²) in [6.07, 6.45) is 0.258. The third-order valence-electron chi connectivity index (χ3n) is 5.07. The maximum absolute atomic E-state index is 12.7. The predicted octanol–water partition coefficient (Wildman–Crippen LogP) is 1.30. The Hall–Kier alpha value is -1.04. The van der Waals surface area contributed by atoms with Crippen molar-refractivity contribution in [3.8, 4) is 0 Å². The number of amides is 1. The van der Waals surface area contributed by atoms with Crippen LogP contribution in [-0.4, -0.2) is 59.6 Å². The summed E-state index contributed by atoms with van der Waals surface area (Å²) in [7, 11) is 0. The second-order valence-electron chi connectivity index (χ2n) is 6.50. The Kier molecular flexibility index (Phi) is 3.31. The molecule has 4 rings (SSSR count). The molecule has 0 spiro atoms. The van der Waals surface area contributed by atoms with Gasteiger partial charge in [-0.1, -0.05) is 6.92 Å². The van der Waals surface area contributed by atoms with Gasteiger partial charge in [0.15, 0.2) is 5.78 Å². The number of rotatable bonds is 4. The molecule has 2 bridgehead atoms. The van der Waals surface area contributed by atoms with Crippen molar-refractivity contribution in [2.75, 3.05) is 19.6 Å². The van der Waals surface area contributed by atoms with Gasteiger partial charge in [-0.2, -0.15) is 8.78 Å². The van der Waals surface area contributed by atoms with Crippen molar-refractivity contribution in [3.63, 3.8) is 0 Å². The fourth-order valence-corrected chi connectivity index (χ4v) is 3.46. The number of nitrogens with zero attached hydrogens (tertiary/aromatic N) is 2. The molecule has 1 atom stereocenters. The zero-order valence-electron chi connectivity index (χ0n) is 11.6. The minimum absolute atomic E-state index is 0.0845. The first-order valence-corrected chi connectivity index (χ1v) is 7.29. The number of fused-ring (bicyclic) bond motifs is 3. The van der Waals surface area contributed by atoms with Gasteiger partial charge in [-0.05, 0) is 38.8 Å². The summed E-state index contributed by atoms with van der Waals surface area (Å²) in [6, 6.07) is -0.468. The quantitative estimate of drug-likeness (QED) is 0.782. The number of alkyl halides is 2. The molecule has 3 aliphatic heterocycles. The topological polar surface area (TPSA) is 40.6 Å². The summed E-state index contributed by atoms with van der Waals surface area (Å²) in [5.41, 5.74) is -0.317. The number of carbonyl (C=O) groups is 2. The van der Waals surface area contributed by atoms with Crippen LogP contribution < -0.4 is 0 Å². The highest BCUT2D eigenvalue weighted by Gasteiger charge is 2.50. The van der Waals surface area contributed by atoms with Crippen LogP contribution in [0.25, 0.3) is 0 Å². The van der Waals surface area contributed by atoms with Crippen LogP contribution in [0.2, 0.25) is 0 Å². The lowest BCUT2D eigenvalue weighted by molar-refractivity contribution is -0.152. The standard InChI is InChI=1S/C14H20F2N2O2/c1-14-4-6-17(7-5-14)10(11(14)19)8-18(9-2-3-9)13(20)12(15)16/h9-10,12H,2-8H2,1H3. The van der Waals surface area contributed by atoms with Gasteiger partial charge < -0.3 is 4.90 Å². The van der Waals surface area contributed by atoms with Crippen molar-refractivity contribution >= 4 is 11.7 Å². The summed E-state index contributed by atoms with van der Waals surface area (Å²) < 4.78 is 25.4. The molecule has 3 saturated heterocycles. The number of halogens is 2. The van der Waals surface area contributed by atoms with E-state index in [1.54, 1.807) is 0 Å². The van der Waals surface area contributed by atoms with Crippen molar-refractivity contribution in [2.45, 2.75) is 51.1 Å². The average Bonchev–Trinajstić information content (AvgIpc) is 3.23. The van der Waals surface area contributed by atoms with Crippen LogP contribution in [0.5, 0.6) is 0 Å². The van der Waals surface area contributed by atoms with Crippen molar-refractivity contribution < 1.29 is 18.4 Å². The smallest absolute Gasteiger partial charge is 0.315 e. The molecule has 112 valence electrons. The van der Waals surface area contributed by atoms with E-state index in [4.69, 9.17) is 0 Å². The van der Waals surface area contributed by atoms with E-state index in [0.717, 1.165) is 38.8 Å². The highest BCUT2D eigenvalue weighted by molar-refractivity contribution is 5.92. The fourth-order valence-electron chi connectivity index (χ4n) is 3.46. The molecule has 0 aromatic rings. The summed E-state index contributed by atoms with van der Waals surface area (Å²) in [5.74, 6) is -0.990. The molecule has 1 saturated carbocycles. The SMILES string of the molecule is CC12CCN(CC1)C(CN(C(=O)C(F)F)C1CC1)C2=O. The van der Waals surface area contributed by atoms with Gasteiger partial charge in [0.25, 0.3) is 5.91 Å². The molecule has 4 fully saturated rings. The summed E-state index contributed by atoms with van der Waals surface area (Å²) in [6.45, 7) is 3.76. The van der Waals surface area contributed by atoms with Crippen LogP contribution in [-0.2, 0) is 9.59 Å². The third-order valence-corrected chi connectivity index (χ3v) is 5.07. The first-order valence-electron chi connectivity index (χ1n) is 7.29. The number of hydrogen-bond acceptors (Lipinski definition) is 3.